The molecule has 0 aliphatic rings. The number of rotatable bonds is 7. The molecule has 160 valence electrons. The van der Waals surface area contributed by atoms with Crippen LogP contribution in [0.1, 0.15) is 22.0 Å². The first-order chi connectivity index (χ1) is 14.7. The zero-order valence-electron chi connectivity index (χ0n) is 16.5. The third kappa shape index (κ3) is 5.07. The van der Waals surface area contributed by atoms with Gasteiger partial charge in [0.25, 0.3) is 15.9 Å². The van der Waals surface area contributed by atoms with Gasteiger partial charge in [-0.1, -0.05) is 30.3 Å². The Morgan fingerprint density at radius 3 is 2.19 bits per heavy atom. The van der Waals surface area contributed by atoms with Gasteiger partial charge in [0, 0.05) is 18.3 Å². The van der Waals surface area contributed by atoms with E-state index < -0.39 is 33.7 Å². The summed E-state index contributed by atoms with van der Waals surface area (Å²) in [5, 5.41) is 0. The van der Waals surface area contributed by atoms with Gasteiger partial charge in [-0.05, 0) is 54.1 Å². The average molecular weight is 441 g/mol. The van der Waals surface area contributed by atoms with Gasteiger partial charge in [0.05, 0.1) is 4.90 Å². The largest absolute Gasteiger partial charge is 0.368 e. The third-order valence-electron chi connectivity index (χ3n) is 4.58. The highest BCUT2D eigenvalue weighted by Crippen LogP contribution is 2.23. The lowest BCUT2D eigenvalue weighted by Gasteiger charge is -2.26. The summed E-state index contributed by atoms with van der Waals surface area (Å²) in [7, 11) is -2.39. The summed E-state index contributed by atoms with van der Waals surface area (Å²) in [6.07, 6.45) is 0. The van der Waals surface area contributed by atoms with Gasteiger partial charge >= 0.3 is 0 Å². The fourth-order valence-electron chi connectivity index (χ4n) is 3.07. The molecule has 3 aromatic carbocycles. The summed E-state index contributed by atoms with van der Waals surface area (Å²) in [4.78, 5) is 26.0. The quantitative estimate of drug-likeness (QED) is 0.587. The molecule has 0 saturated heterocycles. The number of primary amides is 1. The fourth-order valence-corrected chi connectivity index (χ4v) is 4.15. The molecular formula is C22H20FN3O4S. The molecule has 1 atom stereocenters. The third-order valence-corrected chi connectivity index (χ3v) is 5.98. The molecule has 0 aliphatic heterocycles. The molecule has 0 saturated carbocycles. The van der Waals surface area contributed by atoms with Crippen molar-refractivity contribution in [1.82, 2.24) is 4.90 Å². The Balaban J connectivity index is 1.80. The van der Waals surface area contributed by atoms with Crippen LogP contribution < -0.4 is 10.5 Å². The SMILES string of the molecule is CN(C(=O)c1ccc(NS(=O)(=O)c2ccccc2)cc1)C(C(N)=O)c1cccc(F)c1. The first-order valence-electron chi connectivity index (χ1n) is 9.19. The van der Waals surface area contributed by atoms with Crippen molar-refractivity contribution in [3.8, 4) is 0 Å². The molecule has 3 rings (SSSR count). The number of nitrogens with one attached hydrogen (secondary N) is 1. The maximum atomic E-state index is 13.6. The summed E-state index contributed by atoms with van der Waals surface area (Å²) in [6, 6.07) is 17.7. The van der Waals surface area contributed by atoms with E-state index in [9.17, 15) is 22.4 Å². The molecule has 7 nitrogen and oxygen atoms in total. The molecule has 2 amide bonds. The van der Waals surface area contributed by atoms with Crippen molar-refractivity contribution in [2.45, 2.75) is 10.9 Å². The van der Waals surface area contributed by atoms with E-state index in [1.807, 2.05) is 0 Å². The maximum absolute atomic E-state index is 13.6. The van der Waals surface area contributed by atoms with Crippen molar-refractivity contribution >= 4 is 27.5 Å². The summed E-state index contributed by atoms with van der Waals surface area (Å²) in [5.41, 5.74) is 6.16. The number of nitrogens with zero attached hydrogens (tertiary/aromatic N) is 1. The highest BCUT2D eigenvalue weighted by Gasteiger charge is 2.28. The minimum Gasteiger partial charge on any atom is -0.368 e. The number of benzene rings is 3. The van der Waals surface area contributed by atoms with E-state index >= 15 is 0 Å². The van der Waals surface area contributed by atoms with Gasteiger partial charge in [0.1, 0.15) is 11.9 Å². The highest BCUT2D eigenvalue weighted by atomic mass is 32.2. The molecule has 0 fully saturated rings. The van der Waals surface area contributed by atoms with Gasteiger partial charge in [-0.3, -0.25) is 14.3 Å². The van der Waals surface area contributed by atoms with E-state index in [1.54, 1.807) is 18.2 Å². The number of halogens is 1. The minimum absolute atomic E-state index is 0.106. The van der Waals surface area contributed by atoms with Crippen molar-refractivity contribution in [3.63, 3.8) is 0 Å². The standard InChI is InChI=1S/C22H20FN3O4S/c1-26(20(21(24)27)16-6-5-7-17(23)14-16)22(28)15-10-12-18(13-11-15)25-31(29,30)19-8-3-2-4-9-19/h2-14,20,25H,1H3,(H2,24,27). The highest BCUT2D eigenvalue weighted by molar-refractivity contribution is 7.92. The van der Waals surface area contributed by atoms with Crippen molar-refractivity contribution in [3.05, 3.63) is 95.8 Å². The second kappa shape index (κ2) is 8.97. The predicted octanol–water partition coefficient (Wildman–Crippen LogP) is 2.93. The molecule has 3 N–H and O–H groups in total. The summed E-state index contributed by atoms with van der Waals surface area (Å²) >= 11 is 0. The number of amides is 2. The number of nitrogens with two attached hydrogens (primary N) is 1. The molecule has 1 unspecified atom stereocenters. The normalized spacial score (nSPS) is 12.1. The second-order valence-electron chi connectivity index (χ2n) is 6.77. The number of hydrogen-bond acceptors (Lipinski definition) is 4. The van der Waals surface area contributed by atoms with Crippen LogP contribution in [0.4, 0.5) is 10.1 Å². The topological polar surface area (TPSA) is 110 Å². The minimum atomic E-state index is -3.77. The summed E-state index contributed by atoms with van der Waals surface area (Å²) in [6.45, 7) is 0. The van der Waals surface area contributed by atoms with Gasteiger partial charge in [0.2, 0.25) is 5.91 Å². The number of carbonyl (C=O) groups is 2. The van der Waals surface area contributed by atoms with E-state index in [4.69, 9.17) is 5.73 Å². The summed E-state index contributed by atoms with van der Waals surface area (Å²) < 4.78 is 40.8. The van der Waals surface area contributed by atoms with Crippen LogP contribution in [0.15, 0.2) is 83.8 Å². The average Bonchev–Trinajstić information content (AvgIpc) is 2.74. The van der Waals surface area contributed by atoms with E-state index in [0.717, 1.165) is 11.0 Å². The van der Waals surface area contributed by atoms with Crippen molar-refractivity contribution < 1.29 is 22.4 Å². The molecule has 9 heteroatoms. The maximum Gasteiger partial charge on any atom is 0.261 e. The molecule has 0 radical (unpaired) electrons. The molecule has 0 aromatic heterocycles. The number of hydrogen-bond donors (Lipinski definition) is 2. The Kier molecular flexibility index (Phi) is 6.36. The predicted molar refractivity (Wildman–Crippen MR) is 114 cm³/mol. The smallest absolute Gasteiger partial charge is 0.261 e. The summed E-state index contributed by atoms with van der Waals surface area (Å²) in [5.74, 6) is -1.90. The van der Waals surface area contributed by atoms with Crippen molar-refractivity contribution in [2.24, 2.45) is 5.73 Å². The lowest BCUT2D eigenvalue weighted by molar-refractivity contribution is -0.122. The van der Waals surface area contributed by atoms with Gasteiger partial charge in [-0.2, -0.15) is 0 Å². The molecule has 31 heavy (non-hydrogen) atoms. The van der Waals surface area contributed by atoms with Crippen molar-refractivity contribution in [2.75, 3.05) is 11.8 Å². The van der Waals surface area contributed by atoms with Crippen molar-refractivity contribution in [1.29, 1.82) is 0 Å². The van der Waals surface area contributed by atoms with Gasteiger partial charge < -0.3 is 10.6 Å². The molecule has 0 bridgehead atoms. The molecule has 0 heterocycles. The second-order valence-corrected chi connectivity index (χ2v) is 8.45. The van der Waals surface area contributed by atoms with E-state index in [0.29, 0.717) is 0 Å². The van der Waals surface area contributed by atoms with E-state index in [2.05, 4.69) is 4.72 Å². The number of sulfonamides is 1. The van der Waals surface area contributed by atoms with Gasteiger partial charge in [0.15, 0.2) is 0 Å². The van der Waals surface area contributed by atoms with Gasteiger partial charge in [-0.25, -0.2) is 12.8 Å². The Hall–Kier alpha value is -3.72. The first-order valence-corrected chi connectivity index (χ1v) is 10.7. The fraction of sp³-hybridized carbons (Fsp3) is 0.0909. The van der Waals surface area contributed by atoms with E-state index in [-0.39, 0.29) is 21.7 Å². The molecule has 3 aromatic rings. The van der Waals surface area contributed by atoms with Gasteiger partial charge in [-0.15, -0.1) is 0 Å². The van der Waals surface area contributed by atoms with Crippen LogP contribution in [0.5, 0.6) is 0 Å². The monoisotopic (exact) mass is 441 g/mol. The molecular weight excluding hydrogens is 421 g/mol. The lowest BCUT2D eigenvalue weighted by Crippen LogP contribution is -2.39. The lowest BCUT2D eigenvalue weighted by atomic mass is 10.0. The Morgan fingerprint density at radius 2 is 1.61 bits per heavy atom. The Labute approximate surface area is 179 Å². The van der Waals surface area contributed by atoms with E-state index in [1.165, 1.54) is 61.6 Å². The van der Waals surface area contributed by atoms with Crippen LogP contribution in [0.25, 0.3) is 0 Å². The van der Waals surface area contributed by atoms with Crippen LogP contribution in [0.3, 0.4) is 0 Å². The molecule has 0 spiro atoms. The number of anilines is 1. The van der Waals surface area contributed by atoms with Crippen LogP contribution in [0.2, 0.25) is 0 Å². The Morgan fingerprint density at radius 1 is 0.968 bits per heavy atom. The molecule has 0 aliphatic carbocycles. The zero-order valence-corrected chi connectivity index (χ0v) is 17.3. The van der Waals surface area contributed by atoms with Crippen LogP contribution in [-0.4, -0.2) is 32.2 Å². The number of likely N-dealkylation sites (N-methyl/N-ethyl adjacent to an activating group) is 1. The van der Waals surface area contributed by atoms with Crippen LogP contribution in [0, 0.1) is 5.82 Å². The van der Waals surface area contributed by atoms with Crippen LogP contribution >= 0.6 is 0 Å². The number of carbonyl (C=O) groups excluding carboxylic acids is 2. The Bertz CT molecular complexity index is 1200. The van der Waals surface area contributed by atoms with Crippen LogP contribution in [-0.2, 0) is 14.8 Å². The first kappa shape index (κ1) is 22.0. The zero-order chi connectivity index (χ0) is 22.6.